The Morgan fingerprint density at radius 3 is 2.69 bits per heavy atom. The lowest BCUT2D eigenvalue weighted by molar-refractivity contribution is 0.824. The molecule has 0 aromatic rings. The number of hydrogen-bond acceptors (Lipinski definition) is 2. The molecule has 0 spiro atoms. The highest BCUT2D eigenvalue weighted by molar-refractivity contribution is 5.71. The first kappa shape index (κ1) is 12.1. The van der Waals surface area contributed by atoms with Crippen LogP contribution >= 0.6 is 0 Å². The van der Waals surface area contributed by atoms with Gasteiger partial charge in [-0.25, -0.2) is 0 Å². The third-order valence-corrected chi connectivity index (χ3v) is 1.76. The van der Waals surface area contributed by atoms with Crippen molar-refractivity contribution in [3.63, 3.8) is 0 Å². The molecule has 0 saturated heterocycles. The third-order valence-electron chi connectivity index (χ3n) is 1.76. The lowest BCUT2D eigenvalue weighted by atomic mass is 10.1. The molecule has 0 amide bonds. The van der Waals surface area contributed by atoms with Crippen molar-refractivity contribution >= 4 is 6.21 Å². The SMILES string of the molecule is C=CC=N/C(CCC)=C(\C)CNC. The minimum Gasteiger partial charge on any atom is -0.316 e. The maximum Gasteiger partial charge on any atom is 0.0405 e. The molecule has 0 fully saturated rings. The van der Waals surface area contributed by atoms with Gasteiger partial charge in [0.25, 0.3) is 0 Å². The van der Waals surface area contributed by atoms with Crippen molar-refractivity contribution in [2.24, 2.45) is 4.99 Å². The average Bonchev–Trinajstić information content (AvgIpc) is 2.12. The van der Waals surface area contributed by atoms with E-state index in [1.807, 2.05) is 7.05 Å². The Labute approximate surface area is 81.5 Å². The molecule has 74 valence electrons. The summed E-state index contributed by atoms with van der Waals surface area (Å²) >= 11 is 0. The summed E-state index contributed by atoms with van der Waals surface area (Å²) in [7, 11) is 1.95. The van der Waals surface area contributed by atoms with Crippen LogP contribution in [0.15, 0.2) is 28.9 Å². The molecule has 0 bridgehead atoms. The maximum atomic E-state index is 4.35. The second-order valence-corrected chi connectivity index (χ2v) is 3.02. The van der Waals surface area contributed by atoms with E-state index in [0.717, 1.165) is 19.4 Å². The monoisotopic (exact) mass is 180 g/mol. The molecule has 0 aliphatic carbocycles. The van der Waals surface area contributed by atoms with E-state index >= 15 is 0 Å². The molecule has 0 unspecified atom stereocenters. The molecule has 13 heavy (non-hydrogen) atoms. The van der Waals surface area contributed by atoms with Gasteiger partial charge >= 0.3 is 0 Å². The molecule has 0 aliphatic rings. The van der Waals surface area contributed by atoms with Gasteiger partial charge in [0, 0.05) is 18.5 Å². The smallest absolute Gasteiger partial charge is 0.0405 e. The van der Waals surface area contributed by atoms with Gasteiger partial charge in [0.1, 0.15) is 0 Å². The molecule has 0 aliphatic heterocycles. The minimum atomic E-state index is 0.907. The highest BCUT2D eigenvalue weighted by Gasteiger charge is 1.97. The lowest BCUT2D eigenvalue weighted by Crippen LogP contribution is -2.10. The van der Waals surface area contributed by atoms with Gasteiger partial charge in [-0.2, -0.15) is 0 Å². The van der Waals surface area contributed by atoms with Crippen LogP contribution < -0.4 is 5.32 Å². The summed E-state index contributed by atoms with van der Waals surface area (Å²) in [5.74, 6) is 0. The van der Waals surface area contributed by atoms with Crippen molar-refractivity contribution < 1.29 is 0 Å². The molecule has 2 nitrogen and oxygen atoms in total. The number of nitrogens with one attached hydrogen (secondary N) is 1. The summed E-state index contributed by atoms with van der Waals surface area (Å²) in [5.41, 5.74) is 2.49. The van der Waals surface area contributed by atoms with Crippen LogP contribution in [0, 0.1) is 0 Å². The first-order valence-electron chi connectivity index (χ1n) is 4.74. The minimum absolute atomic E-state index is 0.907. The van der Waals surface area contributed by atoms with E-state index in [4.69, 9.17) is 0 Å². The van der Waals surface area contributed by atoms with Gasteiger partial charge in [-0.05, 0) is 26.0 Å². The normalized spacial score (nSPS) is 13.2. The first-order valence-corrected chi connectivity index (χ1v) is 4.74. The lowest BCUT2D eigenvalue weighted by Gasteiger charge is -2.05. The molecule has 0 radical (unpaired) electrons. The van der Waals surface area contributed by atoms with Crippen LogP contribution in [0.4, 0.5) is 0 Å². The van der Waals surface area contributed by atoms with E-state index in [-0.39, 0.29) is 0 Å². The number of nitrogens with zero attached hydrogens (tertiary/aromatic N) is 1. The van der Waals surface area contributed by atoms with E-state index in [1.165, 1.54) is 11.3 Å². The zero-order valence-electron chi connectivity index (χ0n) is 8.93. The summed E-state index contributed by atoms with van der Waals surface area (Å²) in [6, 6.07) is 0. The first-order chi connectivity index (χ1) is 6.26. The zero-order valence-corrected chi connectivity index (χ0v) is 8.93. The molecule has 1 N–H and O–H groups in total. The summed E-state index contributed by atoms with van der Waals surface area (Å²) in [6.45, 7) is 8.79. The largest absolute Gasteiger partial charge is 0.316 e. The second kappa shape index (κ2) is 7.74. The highest BCUT2D eigenvalue weighted by atomic mass is 14.8. The maximum absolute atomic E-state index is 4.35. The van der Waals surface area contributed by atoms with Crippen molar-refractivity contribution in [3.8, 4) is 0 Å². The fraction of sp³-hybridized carbons (Fsp3) is 0.545. The molecular weight excluding hydrogens is 160 g/mol. The van der Waals surface area contributed by atoms with Gasteiger partial charge in [-0.15, -0.1) is 0 Å². The van der Waals surface area contributed by atoms with Crippen molar-refractivity contribution in [1.82, 2.24) is 5.32 Å². The van der Waals surface area contributed by atoms with E-state index < -0.39 is 0 Å². The van der Waals surface area contributed by atoms with Gasteiger partial charge in [0.15, 0.2) is 0 Å². The van der Waals surface area contributed by atoms with E-state index in [2.05, 4.69) is 30.7 Å². The Kier molecular flexibility index (Phi) is 7.21. The molecule has 0 rings (SSSR count). The van der Waals surface area contributed by atoms with Crippen LogP contribution in [-0.4, -0.2) is 19.8 Å². The highest BCUT2D eigenvalue weighted by Crippen LogP contribution is 2.11. The number of rotatable bonds is 6. The average molecular weight is 180 g/mol. The fourth-order valence-corrected chi connectivity index (χ4v) is 1.13. The molecule has 0 atom stereocenters. The van der Waals surface area contributed by atoms with Crippen molar-refractivity contribution in [3.05, 3.63) is 23.9 Å². The Morgan fingerprint density at radius 1 is 1.54 bits per heavy atom. The number of likely N-dealkylation sites (N-methyl/N-ethyl adjacent to an activating group) is 1. The third kappa shape index (κ3) is 5.36. The summed E-state index contributed by atoms with van der Waals surface area (Å²) in [4.78, 5) is 4.35. The Hall–Kier alpha value is -0.890. The predicted molar refractivity (Wildman–Crippen MR) is 60.2 cm³/mol. The van der Waals surface area contributed by atoms with Gasteiger partial charge in [0.05, 0.1) is 0 Å². The summed E-state index contributed by atoms with van der Waals surface area (Å²) in [5, 5.41) is 3.13. The van der Waals surface area contributed by atoms with Crippen LogP contribution in [0.3, 0.4) is 0 Å². The zero-order chi connectivity index (χ0) is 10.1. The summed E-state index contributed by atoms with van der Waals surface area (Å²) < 4.78 is 0. The number of allylic oxidation sites excluding steroid dienone is 2. The molecule has 0 saturated carbocycles. The molecule has 0 heterocycles. The van der Waals surface area contributed by atoms with E-state index in [9.17, 15) is 0 Å². The molecule has 0 aromatic carbocycles. The van der Waals surface area contributed by atoms with Crippen LogP contribution in [0.25, 0.3) is 0 Å². The van der Waals surface area contributed by atoms with Crippen molar-refractivity contribution in [2.45, 2.75) is 26.7 Å². The molecule has 2 heteroatoms. The van der Waals surface area contributed by atoms with Crippen molar-refractivity contribution in [1.29, 1.82) is 0 Å². The number of hydrogen-bond donors (Lipinski definition) is 1. The van der Waals surface area contributed by atoms with Gasteiger partial charge in [-0.3, -0.25) is 4.99 Å². The van der Waals surface area contributed by atoms with Crippen LogP contribution in [0.5, 0.6) is 0 Å². The summed E-state index contributed by atoms with van der Waals surface area (Å²) in [6.07, 6.45) is 5.63. The van der Waals surface area contributed by atoms with E-state index in [1.54, 1.807) is 12.3 Å². The van der Waals surface area contributed by atoms with Crippen molar-refractivity contribution in [2.75, 3.05) is 13.6 Å². The van der Waals surface area contributed by atoms with Crippen LogP contribution in [0.1, 0.15) is 26.7 Å². The molecule has 0 aromatic heterocycles. The number of aliphatic imine (C=N–C) groups is 1. The topological polar surface area (TPSA) is 24.4 Å². The second-order valence-electron chi connectivity index (χ2n) is 3.02. The van der Waals surface area contributed by atoms with Gasteiger partial charge < -0.3 is 5.32 Å². The quantitative estimate of drug-likeness (QED) is 0.624. The Morgan fingerprint density at radius 2 is 2.23 bits per heavy atom. The van der Waals surface area contributed by atoms with Gasteiger partial charge in [0.2, 0.25) is 0 Å². The van der Waals surface area contributed by atoms with E-state index in [0.29, 0.717) is 0 Å². The fourth-order valence-electron chi connectivity index (χ4n) is 1.13. The molecular formula is C11H20N2. The Bertz CT molecular complexity index is 202. The van der Waals surface area contributed by atoms with Crippen LogP contribution in [0.2, 0.25) is 0 Å². The predicted octanol–water partition coefficient (Wildman–Crippen LogP) is 2.54. The Balaban J connectivity index is 4.44. The van der Waals surface area contributed by atoms with Crippen LogP contribution in [-0.2, 0) is 0 Å². The standard InChI is InChI=1S/C11H20N2/c1-5-7-11(13-8-6-2)10(3)9-12-4/h6,8,12H,2,5,7,9H2,1,3-4H3/b11-10+,13-8?. The van der Waals surface area contributed by atoms with Gasteiger partial charge in [-0.1, -0.05) is 26.0 Å².